The average molecular weight is 306 g/mol. The molecule has 0 saturated heterocycles. The zero-order valence-electron chi connectivity index (χ0n) is 13.5. The Hall–Kier alpha value is -1.58. The van der Waals surface area contributed by atoms with Crippen LogP contribution in [0.1, 0.15) is 46.0 Å². The van der Waals surface area contributed by atoms with Crippen LogP contribution in [0.2, 0.25) is 0 Å². The van der Waals surface area contributed by atoms with Crippen LogP contribution < -0.4 is 0 Å². The van der Waals surface area contributed by atoms with E-state index in [-0.39, 0.29) is 17.1 Å². The molecule has 4 fully saturated rings. The number of hydrogen-bond acceptors (Lipinski definition) is 3. The summed E-state index contributed by atoms with van der Waals surface area (Å²) in [6.07, 6.45) is 7.82. The molecule has 0 atom stereocenters. The largest absolute Gasteiger partial charge is 0.478 e. The van der Waals surface area contributed by atoms with Crippen molar-refractivity contribution in [1.82, 2.24) is 0 Å². The smallest absolute Gasteiger partial charge is 0.330 e. The molecule has 4 rings (SSSR count). The molecule has 0 amide bonds. The number of hydrogen-bond donors (Lipinski definition) is 1. The molecule has 0 aromatic carbocycles. The second-order valence-electron chi connectivity index (χ2n) is 7.20. The summed E-state index contributed by atoms with van der Waals surface area (Å²) in [5.74, 6) is 1.86. The molecule has 4 heteroatoms. The van der Waals surface area contributed by atoms with Gasteiger partial charge in [-0.1, -0.05) is 13.2 Å². The average Bonchev–Trinajstić information content (AvgIpc) is 2.44. The van der Waals surface area contributed by atoms with E-state index < -0.39 is 5.97 Å². The summed E-state index contributed by atoms with van der Waals surface area (Å²) >= 11 is 0. The minimum Gasteiger partial charge on any atom is -0.478 e. The number of carbonyl (C=O) groups excluding carboxylic acids is 1. The van der Waals surface area contributed by atoms with Crippen LogP contribution in [0.25, 0.3) is 0 Å². The van der Waals surface area contributed by atoms with E-state index in [0.717, 1.165) is 11.8 Å². The summed E-state index contributed by atoms with van der Waals surface area (Å²) in [6.45, 7) is 10.3. The first-order valence-corrected chi connectivity index (χ1v) is 8.00. The van der Waals surface area contributed by atoms with Crippen LogP contribution in [0.5, 0.6) is 0 Å². The standard InChI is InChI=1S/C14H20O2.C4H6O2/c1-3-13(15)16-14(2)11-5-9-4-10(7-11)8-12(14)6-9;1-3(2)4(5)6/h3,9-12H,1,4-8H2,2H3;1H2,2H3,(H,5,6). The van der Waals surface area contributed by atoms with Gasteiger partial charge in [-0.2, -0.15) is 0 Å². The fourth-order valence-corrected chi connectivity index (χ4v) is 4.55. The summed E-state index contributed by atoms with van der Waals surface area (Å²) in [6, 6.07) is 0. The van der Waals surface area contributed by atoms with Crippen LogP contribution >= 0.6 is 0 Å². The molecule has 0 radical (unpaired) electrons. The van der Waals surface area contributed by atoms with Crippen LogP contribution in [-0.4, -0.2) is 22.6 Å². The number of carbonyl (C=O) groups is 2. The summed E-state index contributed by atoms with van der Waals surface area (Å²) in [5, 5.41) is 7.89. The number of aliphatic carboxylic acids is 1. The highest BCUT2D eigenvalue weighted by atomic mass is 16.6. The van der Waals surface area contributed by atoms with E-state index >= 15 is 0 Å². The molecular formula is C18H26O4. The van der Waals surface area contributed by atoms with Crippen molar-refractivity contribution in [2.24, 2.45) is 23.7 Å². The van der Waals surface area contributed by atoms with Crippen molar-refractivity contribution in [2.75, 3.05) is 0 Å². The van der Waals surface area contributed by atoms with Gasteiger partial charge in [0.1, 0.15) is 5.60 Å². The molecule has 0 unspecified atom stereocenters. The molecule has 0 heterocycles. The molecule has 0 aromatic rings. The van der Waals surface area contributed by atoms with Crippen LogP contribution in [0.4, 0.5) is 0 Å². The Morgan fingerprint density at radius 2 is 1.55 bits per heavy atom. The Labute approximate surface area is 132 Å². The van der Waals surface area contributed by atoms with E-state index in [4.69, 9.17) is 9.84 Å². The zero-order chi connectivity index (χ0) is 16.5. The highest BCUT2D eigenvalue weighted by molar-refractivity contribution is 5.84. The van der Waals surface area contributed by atoms with E-state index in [0.29, 0.717) is 11.8 Å². The lowest BCUT2D eigenvalue weighted by atomic mass is 9.50. The Balaban J connectivity index is 0.000000254. The van der Waals surface area contributed by atoms with Crippen LogP contribution in [0.3, 0.4) is 0 Å². The minimum absolute atomic E-state index is 0.176. The van der Waals surface area contributed by atoms with E-state index in [2.05, 4.69) is 20.1 Å². The Bertz CT molecular complexity index is 451. The van der Waals surface area contributed by atoms with Crippen LogP contribution in [-0.2, 0) is 14.3 Å². The number of carboxylic acid groups (broad SMARTS) is 1. The SMILES string of the molecule is C=C(C)C(=O)O.C=CC(=O)OC1(C)C2CC3CC(C2)CC1C3. The first kappa shape index (κ1) is 16.8. The third-order valence-corrected chi connectivity index (χ3v) is 5.61. The van der Waals surface area contributed by atoms with Gasteiger partial charge in [0.15, 0.2) is 0 Å². The fourth-order valence-electron chi connectivity index (χ4n) is 4.55. The minimum atomic E-state index is -0.935. The van der Waals surface area contributed by atoms with Crippen LogP contribution in [0, 0.1) is 23.7 Å². The van der Waals surface area contributed by atoms with E-state index in [1.54, 1.807) is 0 Å². The van der Waals surface area contributed by atoms with E-state index in [9.17, 15) is 9.59 Å². The maximum Gasteiger partial charge on any atom is 0.330 e. The fraction of sp³-hybridized carbons (Fsp3) is 0.667. The summed E-state index contributed by atoms with van der Waals surface area (Å²) in [7, 11) is 0. The number of esters is 1. The van der Waals surface area contributed by atoms with Crippen molar-refractivity contribution in [3.63, 3.8) is 0 Å². The van der Waals surface area contributed by atoms with Gasteiger partial charge in [0.25, 0.3) is 0 Å². The maximum absolute atomic E-state index is 11.5. The highest BCUT2D eigenvalue weighted by Gasteiger charge is 2.56. The topological polar surface area (TPSA) is 63.6 Å². The van der Waals surface area contributed by atoms with Gasteiger partial charge in [0.05, 0.1) is 0 Å². The Morgan fingerprint density at radius 3 is 1.86 bits per heavy atom. The van der Waals surface area contributed by atoms with Crippen molar-refractivity contribution in [1.29, 1.82) is 0 Å². The maximum atomic E-state index is 11.5. The van der Waals surface area contributed by atoms with Crippen molar-refractivity contribution in [3.05, 3.63) is 24.8 Å². The normalized spacial score (nSPS) is 37.7. The Kier molecular flexibility index (Phi) is 4.78. The van der Waals surface area contributed by atoms with Crippen molar-refractivity contribution in [3.8, 4) is 0 Å². The van der Waals surface area contributed by atoms with Gasteiger partial charge in [0, 0.05) is 11.6 Å². The van der Waals surface area contributed by atoms with Crippen molar-refractivity contribution < 1.29 is 19.4 Å². The van der Waals surface area contributed by atoms with Gasteiger partial charge in [-0.3, -0.25) is 0 Å². The summed E-state index contributed by atoms with van der Waals surface area (Å²) in [4.78, 5) is 21.1. The molecule has 4 aliphatic carbocycles. The summed E-state index contributed by atoms with van der Waals surface area (Å²) < 4.78 is 5.71. The first-order valence-electron chi connectivity index (χ1n) is 8.00. The number of ether oxygens (including phenoxy) is 1. The third kappa shape index (κ3) is 3.26. The molecule has 4 aliphatic rings. The van der Waals surface area contributed by atoms with Gasteiger partial charge < -0.3 is 9.84 Å². The molecule has 4 bridgehead atoms. The predicted molar refractivity (Wildman–Crippen MR) is 84.2 cm³/mol. The lowest BCUT2D eigenvalue weighted by Crippen LogP contribution is -2.57. The molecule has 122 valence electrons. The van der Waals surface area contributed by atoms with E-state index in [1.807, 2.05) is 0 Å². The van der Waals surface area contributed by atoms with E-state index in [1.165, 1.54) is 45.1 Å². The van der Waals surface area contributed by atoms with Gasteiger partial charge in [0.2, 0.25) is 0 Å². The molecule has 0 aromatic heterocycles. The van der Waals surface area contributed by atoms with Gasteiger partial charge in [-0.05, 0) is 69.6 Å². The quantitative estimate of drug-likeness (QED) is 0.639. The van der Waals surface area contributed by atoms with Gasteiger partial charge in [-0.25, -0.2) is 9.59 Å². The van der Waals surface area contributed by atoms with Crippen LogP contribution in [0.15, 0.2) is 24.8 Å². The summed E-state index contributed by atoms with van der Waals surface area (Å²) in [5.41, 5.74) is -0.0198. The molecule has 4 nitrogen and oxygen atoms in total. The second-order valence-corrected chi connectivity index (χ2v) is 7.20. The molecular weight excluding hydrogens is 280 g/mol. The number of rotatable bonds is 3. The second kappa shape index (κ2) is 6.27. The van der Waals surface area contributed by atoms with Gasteiger partial charge >= 0.3 is 11.9 Å². The third-order valence-electron chi connectivity index (χ3n) is 5.61. The van der Waals surface area contributed by atoms with Gasteiger partial charge in [-0.15, -0.1) is 0 Å². The lowest BCUT2D eigenvalue weighted by molar-refractivity contribution is -0.198. The zero-order valence-corrected chi connectivity index (χ0v) is 13.5. The molecule has 1 N–H and O–H groups in total. The van der Waals surface area contributed by atoms with Crippen molar-refractivity contribution >= 4 is 11.9 Å². The Morgan fingerprint density at radius 1 is 1.14 bits per heavy atom. The predicted octanol–water partition coefficient (Wildman–Crippen LogP) is 3.58. The first-order chi connectivity index (χ1) is 10.3. The molecule has 4 saturated carbocycles. The molecule has 0 spiro atoms. The van der Waals surface area contributed by atoms with Crippen molar-refractivity contribution in [2.45, 2.75) is 51.6 Å². The number of carboxylic acids is 1. The molecule has 22 heavy (non-hydrogen) atoms. The molecule has 0 aliphatic heterocycles. The highest BCUT2D eigenvalue weighted by Crippen LogP contribution is 2.59. The monoisotopic (exact) mass is 306 g/mol. The lowest BCUT2D eigenvalue weighted by Gasteiger charge is -2.58.